The molecule has 0 spiro atoms. The average molecular weight is 670 g/mol. The van der Waals surface area contributed by atoms with Gasteiger partial charge in [0.2, 0.25) is 21.8 Å². The predicted molar refractivity (Wildman–Crippen MR) is 192 cm³/mol. The van der Waals surface area contributed by atoms with E-state index >= 15 is 0 Å². The number of nitrogens with zero attached hydrogens (tertiary/aromatic N) is 2. The number of anilines is 1. The summed E-state index contributed by atoms with van der Waals surface area (Å²) in [6, 6.07) is 24.6. The van der Waals surface area contributed by atoms with Gasteiger partial charge in [0, 0.05) is 19.0 Å². The number of hydrogen-bond donors (Lipinski definition) is 1. The number of carbonyl (C=O) groups excluding carboxylic acids is 2. The third kappa shape index (κ3) is 7.64. The fourth-order valence-electron chi connectivity index (χ4n) is 9.06. The highest BCUT2D eigenvalue weighted by atomic mass is 32.2. The first-order valence-corrected chi connectivity index (χ1v) is 19.5. The van der Waals surface area contributed by atoms with Crippen LogP contribution in [0.15, 0.2) is 78.9 Å². The summed E-state index contributed by atoms with van der Waals surface area (Å²) in [5, 5.41) is 3.09. The molecule has 4 fully saturated rings. The van der Waals surface area contributed by atoms with E-state index in [1.807, 2.05) is 87.5 Å². The molecule has 256 valence electrons. The minimum atomic E-state index is -3.83. The lowest BCUT2D eigenvalue weighted by molar-refractivity contribution is -0.140. The van der Waals surface area contributed by atoms with Gasteiger partial charge >= 0.3 is 0 Å². The van der Waals surface area contributed by atoms with Gasteiger partial charge < -0.3 is 10.2 Å². The molecule has 0 saturated heterocycles. The molecule has 0 aliphatic heterocycles. The fraction of sp³-hybridized carbons (Fsp3) is 0.500. The van der Waals surface area contributed by atoms with Gasteiger partial charge in [-0.1, -0.05) is 79.2 Å². The van der Waals surface area contributed by atoms with Crippen molar-refractivity contribution in [2.45, 2.75) is 96.2 Å². The van der Waals surface area contributed by atoms with Gasteiger partial charge in [0.1, 0.15) is 12.6 Å². The molecular weight excluding hydrogens is 619 g/mol. The van der Waals surface area contributed by atoms with Crippen molar-refractivity contribution >= 4 is 27.5 Å². The number of aryl methyl sites for hydroxylation is 1. The number of hydrogen-bond acceptors (Lipinski definition) is 4. The highest BCUT2D eigenvalue weighted by Gasteiger charge is 2.51. The summed E-state index contributed by atoms with van der Waals surface area (Å²) < 4.78 is 27.9. The third-order valence-electron chi connectivity index (χ3n) is 11.2. The number of nitrogens with one attached hydrogen (secondary N) is 1. The molecule has 7 rings (SSSR count). The highest BCUT2D eigenvalue weighted by molar-refractivity contribution is 7.92. The molecule has 3 aromatic carbocycles. The minimum Gasteiger partial charge on any atom is -0.352 e. The molecule has 48 heavy (non-hydrogen) atoms. The van der Waals surface area contributed by atoms with Crippen molar-refractivity contribution in [1.82, 2.24) is 10.2 Å². The van der Waals surface area contributed by atoms with Crippen LogP contribution in [0.2, 0.25) is 0 Å². The second-order valence-electron chi connectivity index (χ2n) is 15.0. The lowest BCUT2D eigenvalue weighted by Gasteiger charge is -2.57. The molecule has 4 saturated carbocycles. The summed E-state index contributed by atoms with van der Waals surface area (Å²) in [4.78, 5) is 30.0. The van der Waals surface area contributed by atoms with E-state index in [0.717, 1.165) is 47.1 Å². The average Bonchev–Trinajstić information content (AvgIpc) is 3.04. The molecule has 7 nitrogen and oxygen atoms in total. The minimum absolute atomic E-state index is 0.0771. The number of sulfonamides is 1. The van der Waals surface area contributed by atoms with Gasteiger partial charge in [0.05, 0.1) is 11.9 Å². The van der Waals surface area contributed by atoms with Gasteiger partial charge in [-0.3, -0.25) is 13.9 Å². The van der Waals surface area contributed by atoms with Crippen LogP contribution in [-0.4, -0.2) is 50.0 Å². The second-order valence-corrected chi connectivity index (χ2v) is 17.0. The zero-order valence-electron chi connectivity index (χ0n) is 28.9. The zero-order chi connectivity index (χ0) is 34.1. The van der Waals surface area contributed by atoms with Crippen LogP contribution in [0, 0.1) is 24.7 Å². The van der Waals surface area contributed by atoms with E-state index in [1.165, 1.54) is 48.4 Å². The fourth-order valence-corrected chi connectivity index (χ4v) is 9.91. The highest BCUT2D eigenvalue weighted by Crippen LogP contribution is 2.60. The molecule has 0 unspecified atom stereocenters. The zero-order valence-corrected chi connectivity index (χ0v) is 29.7. The van der Waals surface area contributed by atoms with E-state index in [-0.39, 0.29) is 23.9 Å². The predicted octanol–water partition coefficient (Wildman–Crippen LogP) is 6.78. The normalized spacial score (nSPS) is 24.1. The van der Waals surface area contributed by atoms with E-state index in [1.54, 1.807) is 4.90 Å². The van der Waals surface area contributed by atoms with Crippen LogP contribution in [0.1, 0.15) is 81.0 Å². The first-order chi connectivity index (χ1) is 22.9. The SMILES string of the molecule is CC[C@@H](C)NC(=O)[C@@H](Cc1ccccc1)N(Cc1cccc(C)c1)C(=O)CN(c1ccc(C23CC4CC(CC(C4)C2)C3)cc1)S(C)(=O)=O. The van der Waals surface area contributed by atoms with Gasteiger partial charge in [-0.05, 0) is 111 Å². The van der Waals surface area contributed by atoms with Crippen molar-refractivity contribution in [2.75, 3.05) is 17.1 Å². The molecule has 2 atom stereocenters. The van der Waals surface area contributed by atoms with Crippen molar-refractivity contribution in [1.29, 1.82) is 0 Å². The van der Waals surface area contributed by atoms with Crippen molar-refractivity contribution in [3.05, 3.63) is 101 Å². The van der Waals surface area contributed by atoms with E-state index in [9.17, 15) is 18.0 Å². The Bertz CT molecular complexity index is 1670. The maximum atomic E-state index is 14.5. The summed E-state index contributed by atoms with van der Waals surface area (Å²) in [6.45, 7) is 5.72. The summed E-state index contributed by atoms with van der Waals surface area (Å²) in [5.41, 5.74) is 4.81. The van der Waals surface area contributed by atoms with Crippen LogP contribution in [0.4, 0.5) is 5.69 Å². The van der Waals surface area contributed by atoms with Crippen LogP contribution in [0.5, 0.6) is 0 Å². The molecule has 2 amide bonds. The van der Waals surface area contributed by atoms with Crippen molar-refractivity contribution in [3.63, 3.8) is 0 Å². The van der Waals surface area contributed by atoms with Gasteiger partial charge in [-0.25, -0.2) is 8.42 Å². The Morgan fingerprint density at radius 2 is 1.48 bits per heavy atom. The Labute approximate surface area is 287 Å². The van der Waals surface area contributed by atoms with E-state index in [2.05, 4.69) is 17.4 Å². The molecule has 1 N–H and O–H groups in total. The summed E-state index contributed by atoms with van der Waals surface area (Å²) in [6.07, 6.45) is 9.96. The van der Waals surface area contributed by atoms with Crippen LogP contribution in [0.3, 0.4) is 0 Å². The second kappa shape index (κ2) is 14.1. The molecular formula is C40H51N3O4S. The van der Waals surface area contributed by atoms with Crippen LogP contribution in [0.25, 0.3) is 0 Å². The molecule has 0 aromatic heterocycles. The van der Waals surface area contributed by atoms with E-state index < -0.39 is 28.5 Å². The Morgan fingerprint density at radius 3 is 2.04 bits per heavy atom. The van der Waals surface area contributed by atoms with Crippen molar-refractivity contribution < 1.29 is 18.0 Å². The largest absolute Gasteiger partial charge is 0.352 e. The third-order valence-corrected chi connectivity index (χ3v) is 12.3. The molecule has 4 aliphatic carbocycles. The van der Waals surface area contributed by atoms with Gasteiger partial charge in [0.15, 0.2) is 0 Å². The number of rotatable bonds is 13. The number of benzene rings is 3. The standard InChI is InChI=1S/C40H51N3O4S/c1-5-29(3)41-39(45)37(22-30-11-7-6-8-12-30)42(26-31-13-9-10-28(2)18-31)38(44)27-43(48(4,46)47)36-16-14-35(15-17-36)40-23-32-19-33(24-40)21-34(20-32)25-40/h6-18,29,32-34,37H,5,19-27H2,1-4H3,(H,41,45)/t29-,32?,33?,34?,37-,40?/m1/s1. The molecule has 4 aliphatic rings. The first kappa shape index (κ1) is 34.2. The summed E-state index contributed by atoms with van der Waals surface area (Å²) >= 11 is 0. The van der Waals surface area contributed by atoms with E-state index in [0.29, 0.717) is 12.1 Å². The summed E-state index contributed by atoms with van der Waals surface area (Å²) in [5.74, 6) is 1.75. The molecule has 4 bridgehead atoms. The maximum absolute atomic E-state index is 14.5. The van der Waals surface area contributed by atoms with Gasteiger partial charge in [-0.15, -0.1) is 0 Å². The van der Waals surface area contributed by atoms with Crippen LogP contribution < -0.4 is 9.62 Å². The molecule has 8 heteroatoms. The number of amides is 2. The monoisotopic (exact) mass is 669 g/mol. The van der Waals surface area contributed by atoms with Crippen LogP contribution in [-0.2, 0) is 38.0 Å². The summed E-state index contributed by atoms with van der Waals surface area (Å²) in [7, 11) is -3.83. The van der Waals surface area contributed by atoms with Crippen molar-refractivity contribution in [2.24, 2.45) is 17.8 Å². The van der Waals surface area contributed by atoms with E-state index in [4.69, 9.17) is 0 Å². The first-order valence-electron chi connectivity index (χ1n) is 17.7. The Morgan fingerprint density at radius 1 is 0.875 bits per heavy atom. The quantitative estimate of drug-likeness (QED) is 0.217. The van der Waals surface area contributed by atoms with Crippen LogP contribution >= 0.6 is 0 Å². The molecule has 0 heterocycles. The Balaban J connectivity index is 1.31. The smallest absolute Gasteiger partial charge is 0.244 e. The topological polar surface area (TPSA) is 86.8 Å². The Kier molecular flexibility index (Phi) is 10.0. The molecule has 3 aromatic rings. The lowest BCUT2D eigenvalue weighted by Crippen LogP contribution is -2.54. The Hall–Kier alpha value is -3.65. The lowest BCUT2D eigenvalue weighted by atomic mass is 9.48. The molecule has 0 radical (unpaired) electrons. The van der Waals surface area contributed by atoms with Gasteiger partial charge in [-0.2, -0.15) is 0 Å². The van der Waals surface area contributed by atoms with Crippen molar-refractivity contribution in [3.8, 4) is 0 Å². The van der Waals surface area contributed by atoms with Gasteiger partial charge in [0.25, 0.3) is 0 Å². The maximum Gasteiger partial charge on any atom is 0.244 e. The number of carbonyl (C=O) groups is 2.